The van der Waals surface area contributed by atoms with E-state index in [1.807, 2.05) is 37.4 Å². The van der Waals surface area contributed by atoms with Gasteiger partial charge in [-0.05, 0) is 71.5 Å². The molecule has 0 radical (unpaired) electrons. The second kappa shape index (κ2) is 11.6. The van der Waals surface area contributed by atoms with Gasteiger partial charge in [0.25, 0.3) is 5.91 Å². The van der Waals surface area contributed by atoms with Crippen LogP contribution in [0.1, 0.15) is 28.3 Å². The lowest BCUT2D eigenvalue weighted by atomic mass is 9.93. The van der Waals surface area contributed by atoms with Gasteiger partial charge in [-0.25, -0.2) is 4.39 Å². The highest BCUT2D eigenvalue weighted by Gasteiger charge is 2.32. The number of likely N-dealkylation sites (tertiary alicyclic amines) is 1. The molecule has 0 bridgehead atoms. The number of nitrogens with zero attached hydrogens (tertiary/aromatic N) is 3. The van der Waals surface area contributed by atoms with Gasteiger partial charge in [-0.15, -0.1) is 0 Å². The first-order valence-electron chi connectivity index (χ1n) is 11.4. The monoisotopic (exact) mass is 629 g/mol. The Morgan fingerprint density at radius 2 is 1.91 bits per heavy atom. The molecule has 0 spiro atoms. The fourth-order valence-electron chi connectivity index (χ4n) is 4.65. The molecule has 2 fully saturated rings. The standard InChI is InChI=1S/C25H30BrFIN3O2/c1-29(25(32)20-12-21(26)14-23(28)13-20)15-19(18-2-4-22(27)5-3-18)6-7-30-16-24(17-30)31-8-10-33-11-9-31/h2-5,12-14,19,24H,6-11,15-17H2,1H3/t19-/m1/s1. The van der Waals surface area contributed by atoms with Gasteiger partial charge in [0.2, 0.25) is 0 Å². The van der Waals surface area contributed by atoms with Crippen LogP contribution in [0.2, 0.25) is 0 Å². The Morgan fingerprint density at radius 1 is 1.21 bits per heavy atom. The van der Waals surface area contributed by atoms with E-state index in [1.165, 1.54) is 12.1 Å². The van der Waals surface area contributed by atoms with Crippen molar-refractivity contribution < 1.29 is 13.9 Å². The van der Waals surface area contributed by atoms with Gasteiger partial charge >= 0.3 is 0 Å². The number of rotatable bonds is 8. The zero-order valence-electron chi connectivity index (χ0n) is 18.9. The van der Waals surface area contributed by atoms with Crippen LogP contribution < -0.4 is 0 Å². The molecular weight excluding hydrogens is 600 g/mol. The summed E-state index contributed by atoms with van der Waals surface area (Å²) in [6.45, 7) is 7.45. The van der Waals surface area contributed by atoms with E-state index in [-0.39, 0.29) is 17.6 Å². The molecule has 1 amide bonds. The maximum Gasteiger partial charge on any atom is 0.253 e. The molecule has 2 saturated heterocycles. The van der Waals surface area contributed by atoms with E-state index in [0.717, 1.165) is 66.0 Å². The number of benzene rings is 2. The summed E-state index contributed by atoms with van der Waals surface area (Å²) in [6.07, 6.45) is 0.926. The summed E-state index contributed by atoms with van der Waals surface area (Å²) >= 11 is 5.71. The highest BCUT2D eigenvalue weighted by molar-refractivity contribution is 14.1. The highest BCUT2D eigenvalue weighted by Crippen LogP contribution is 2.26. The van der Waals surface area contributed by atoms with E-state index >= 15 is 0 Å². The summed E-state index contributed by atoms with van der Waals surface area (Å²) in [7, 11) is 1.85. The molecule has 33 heavy (non-hydrogen) atoms. The van der Waals surface area contributed by atoms with Crippen LogP contribution in [0.5, 0.6) is 0 Å². The zero-order chi connectivity index (χ0) is 23.4. The Kier molecular flexibility index (Phi) is 8.78. The molecule has 0 saturated carbocycles. The predicted molar refractivity (Wildman–Crippen MR) is 140 cm³/mol. The SMILES string of the molecule is CN(C[C@@H](CCN1CC(N2CCOCC2)C1)c1ccc(F)cc1)C(=O)c1cc(Br)cc(I)c1. The van der Waals surface area contributed by atoms with Crippen molar-refractivity contribution in [3.05, 3.63) is 67.5 Å². The minimum absolute atomic E-state index is 0.00217. The number of amides is 1. The molecular formula is C25H30BrFIN3O2. The van der Waals surface area contributed by atoms with Crippen molar-refractivity contribution in [3.8, 4) is 0 Å². The maximum absolute atomic E-state index is 13.5. The Morgan fingerprint density at radius 3 is 2.58 bits per heavy atom. The molecule has 2 aliphatic heterocycles. The van der Waals surface area contributed by atoms with Crippen molar-refractivity contribution >= 4 is 44.4 Å². The van der Waals surface area contributed by atoms with Crippen molar-refractivity contribution in [1.82, 2.24) is 14.7 Å². The molecule has 0 aliphatic carbocycles. The van der Waals surface area contributed by atoms with Gasteiger partial charge in [0.1, 0.15) is 5.82 Å². The molecule has 0 aromatic heterocycles. The van der Waals surface area contributed by atoms with Crippen LogP contribution in [-0.2, 0) is 4.74 Å². The molecule has 2 aliphatic rings. The van der Waals surface area contributed by atoms with E-state index in [9.17, 15) is 9.18 Å². The first kappa shape index (κ1) is 25.0. The van der Waals surface area contributed by atoms with Crippen molar-refractivity contribution in [3.63, 3.8) is 0 Å². The minimum Gasteiger partial charge on any atom is -0.379 e. The number of hydrogen-bond acceptors (Lipinski definition) is 4. The smallest absolute Gasteiger partial charge is 0.253 e. The molecule has 5 nitrogen and oxygen atoms in total. The Hall–Kier alpha value is -1.07. The first-order chi connectivity index (χ1) is 15.9. The number of morpholine rings is 1. The van der Waals surface area contributed by atoms with Crippen molar-refractivity contribution in [2.75, 3.05) is 59.5 Å². The number of hydrogen-bond donors (Lipinski definition) is 0. The average molecular weight is 630 g/mol. The van der Waals surface area contributed by atoms with Gasteiger partial charge < -0.3 is 14.5 Å². The van der Waals surface area contributed by atoms with Gasteiger partial charge in [-0.3, -0.25) is 9.69 Å². The van der Waals surface area contributed by atoms with Gasteiger partial charge in [0, 0.05) is 65.3 Å². The Balaban J connectivity index is 1.37. The van der Waals surface area contributed by atoms with Crippen LogP contribution in [0, 0.1) is 9.39 Å². The number of carbonyl (C=O) groups is 1. The largest absolute Gasteiger partial charge is 0.379 e. The van der Waals surface area contributed by atoms with Crippen molar-refractivity contribution in [2.24, 2.45) is 0 Å². The number of ether oxygens (including phenoxy) is 1. The highest BCUT2D eigenvalue weighted by atomic mass is 127. The minimum atomic E-state index is -0.235. The van der Waals surface area contributed by atoms with E-state index < -0.39 is 0 Å². The van der Waals surface area contributed by atoms with E-state index in [4.69, 9.17) is 4.74 Å². The van der Waals surface area contributed by atoms with Crippen molar-refractivity contribution in [2.45, 2.75) is 18.4 Å². The molecule has 2 aromatic carbocycles. The van der Waals surface area contributed by atoms with Gasteiger partial charge in [-0.1, -0.05) is 28.1 Å². The maximum atomic E-state index is 13.5. The molecule has 8 heteroatoms. The topological polar surface area (TPSA) is 36.0 Å². The molecule has 4 rings (SSSR count). The van der Waals surface area contributed by atoms with Crippen LogP contribution in [0.3, 0.4) is 0 Å². The first-order valence-corrected chi connectivity index (χ1v) is 13.3. The third-order valence-corrected chi connectivity index (χ3v) is 7.67. The van der Waals surface area contributed by atoms with Gasteiger partial charge in [0.15, 0.2) is 0 Å². The fourth-order valence-corrected chi connectivity index (χ4v) is 6.24. The van der Waals surface area contributed by atoms with Gasteiger partial charge in [-0.2, -0.15) is 0 Å². The summed E-state index contributed by atoms with van der Waals surface area (Å²) in [5.74, 6) is -0.0902. The Labute approximate surface area is 217 Å². The molecule has 1 atom stereocenters. The zero-order valence-corrected chi connectivity index (χ0v) is 22.6. The lowest BCUT2D eigenvalue weighted by Gasteiger charge is -2.47. The number of carbonyl (C=O) groups excluding carboxylic acids is 1. The fraction of sp³-hybridized carbons (Fsp3) is 0.480. The van der Waals surface area contributed by atoms with Crippen LogP contribution >= 0.6 is 38.5 Å². The second-order valence-electron chi connectivity index (χ2n) is 8.94. The van der Waals surface area contributed by atoms with Crippen LogP contribution in [-0.4, -0.2) is 86.2 Å². The molecule has 2 heterocycles. The van der Waals surface area contributed by atoms with E-state index in [0.29, 0.717) is 18.2 Å². The molecule has 0 N–H and O–H groups in total. The van der Waals surface area contributed by atoms with Crippen LogP contribution in [0.25, 0.3) is 0 Å². The summed E-state index contributed by atoms with van der Waals surface area (Å²) in [5.41, 5.74) is 1.75. The third-order valence-electron chi connectivity index (χ3n) is 6.59. The van der Waals surface area contributed by atoms with Crippen LogP contribution in [0.4, 0.5) is 4.39 Å². The van der Waals surface area contributed by atoms with Gasteiger partial charge in [0.05, 0.1) is 13.2 Å². The molecule has 178 valence electrons. The quantitative estimate of drug-likeness (QED) is 0.404. The lowest BCUT2D eigenvalue weighted by Crippen LogP contribution is -2.61. The Bertz CT molecular complexity index is 929. The third kappa shape index (κ3) is 6.75. The normalized spacial score (nSPS) is 18.7. The lowest BCUT2D eigenvalue weighted by molar-refractivity contribution is -0.0326. The van der Waals surface area contributed by atoms with Crippen molar-refractivity contribution in [1.29, 1.82) is 0 Å². The average Bonchev–Trinajstić information content (AvgIpc) is 2.77. The second-order valence-corrected chi connectivity index (χ2v) is 11.1. The van der Waals surface area contributed by atoms with E-state index in [1.54, 1.807) is 4.90 Å². The number of likely N-dealkylation sites (N-methyl/N-ethyl adjacent to an activating group) is 1. The summed E-state index contributed by atoms with van der Waals surface area (Å²) < 4.78 is 20.9. The summed E-state index contributed by atoms with van der Waals surface area (Å²) in [4.78, 5) is 19.9. The molecule has 2 aromatic rings. The van der Waals surface area contributed by atoms with Crippen LogP contribution in [0.15, 0.2) is 46.9 Å². The molecule has 0 unspecified atom stereocenters. The predicted octanol–water partition coefficient (Wildman–Crippen LogP) is 4.46. The number of halogens is 3. The summed E-state index contributed by atoms with van der Waals surface area (Å²) in [5, 5.41) is 0. The summed E-state index contributed by atoms with van der Waals surface area (Å²) in [6, 6.07) is 13.1. The van der Waals surface area contributed by atoms with E-state index in [2.05, 4.69) is 48.3 Å².